The lowest BCUT2D eigenvalue weighted by atomic mass is 10.1. The second-order valence-corrected chi connectivity index (χ2v) is 5.04. The molecule has 1 N–H and O–H groups in total. The summed E-state index contributed by atoms with van der Waals surface area (Å²) in [6, 6.07) is 6.99. The first-order valence-electron chi connectivity index (χ1n) is 6.79. The molecule has 0 aromatic heterocycles. The molecule has 94 valence electrons. The summed E-state index contributed by atoms with van der Waals surface area (Å²) in [7, 11) is 4.22. The van der Waals surface area contributed by atoms with E-state index in [4.69, 9.17) is 0 Å². The highest BCUT2D eigenvalue weighted by Crippen LogP contribution is 2.26. The molecule has 0 aliphatic heterocycles. The zero-order valence-corrected chi connectivity index (χ0v) is 11.1. The molecule has 0 atom stereocenters. The number of rotatable bonds is 6. The van der Waals surface area contributed by atoms with Crippen molar-refractivity contribution in [1.82, 2.24) is 5.32 Å². The summed E-state index contributed by atoms with van der Waals surface area (Å²) in [4.78, 5) is 2.38. The average Bonchev–Trinajstić information content (AvgIpc) is 2.81. The molecule has 1 aliphatic carbocycles. The quantitative estimate of drug-likeness (QED) is 0.759. The summed E-state index contributed by atoms with van der Waals surface area (Å²) < 4.78 is 0. The van der Waals surface area contributed by atoms with Crippen LogP contribution in [0.5, 0.6) is 0 Å². The van der Waals surface area contributed by atoms with Crippen LogP contribution in [0.25, 0.3) is 0 Å². The summed E-state index contributed by atoms with van der Waals surface area (Å²) in [6.45, 7) is 2.28. The molecule has 0 bridgehead atoms. The van der Waals surface area contributed by atoms with Crippen molar-refractivity contribution in [2.45, 2.75) is 32.1 Å². The van der Waals surface area contributed by atoms with E-state index < -0.39 is 0 Å². The Morgan fingerprint density at radius 3 is 2.82 bits per heavy atom. The third kappa shape index (κ3) is 3.22. The molecule has 0 saturated carbocycles. The lowest BCUT2D eigenvalue weighted by Crippen LogP contribution is -2.20. The molecule has 0 spiro atoms. The van der Waals surface area contributed by atoms with Crippen molar-refractivity contribution in [1.29, 1.82) is 0 Å². The molecule has 17 heavy (non-hydrogen) atoms. The third-order valence-corrected chi connectivity index (χ3v) is 3.69. The first kappa shape index (κ1) is 12.4. The number of aryl methyl sites for hydroxylation is 2. The van der Waals surface area contributed by atoms with Crippen molar-refractivity contribution in [3.8, 4) is 0 Å². The van der Waals surface area contributed by atoms with Gasteiger partial charge in [0, 0.05) is 19.3 Å². The van der Waals surface area contributed by atoms with Crippen molar-refractivity contribution in [3.63, 3.8) is 0 Å². The minimum absolute atomic E-state index is 1.12. The third-order valence-electron chi connectivity index (χ3n) is 3.69. The van der Waals surface area contributed by atoms with Gasteiger partial charge in [0.2, 0.25) is 0 Å². The minimum atomic E-state index is 1.12. The molecule has 2 nitrogen and oxygen atoms in total. The van der Waals surface area contributed by atoms with Gasteiger partial charge in [-0.1, -0.05) is 6.07 Å². The Labute approximate surface area is 105 Å². The largest absolute Gasteiger partial charge is 0.375 e. The summed E-state index contributed by atoms with van der Waals surface area (Å²) in [5, 5.41) is 3.20. The van der Waals surface area contributed by atoms with Gasteiger partial charge in [0.1, 0.15) is 0 Å². The normalized spacial score (nSPS) is 13.8. The Morgan fingerprint density at radius 2 is 2.00 bits per heavy atom. The van der Waals surface area contributed by atoms with Gasteiger partial charge in [-0.05, 0) is 69.0 Å². The van der Waals surface area contributed by atoms with Crippen LogP contribution in [0, 0.1) is 0 Å². The van der Waals surface area contributed by atoms with Crippen LogP contribution >= 0.6 is 0 Å². The number of hydrogen-bond acceptors (Lipinski definition) is 2. The zero-order chi connectivity index (χ0) is 12.1. The predicted octanol–water partition coefficient (Wildman–Crippen LogP) is 2.61. The van der Waals surface area contributed by atoms with Crippen LogP contribution in [0.3, 0.4) is 0 Å². The van der Waals surface area contributed by atoms with Gasteiger partial charge in [-0.3, -0.25) is 0 Å². The molecule has 0 unspecified atom stereocenters. The Kier molecular flexibility index (Phi) is 4.43. The van der Waals surface area contributed by atoms with Crippen LogP contribution < -0.4 is 10.2 Å². The highest BCUT2D eigenvalue weighted by atomic mass is 15.1. The SMILES string of the molecule is CNCCCCN(C)c1ccc2c(c1)CCC2. The van der Waals surface area contributed by atoms with Gasteiger partial charge in [-0.25, -0.2) is 0 Å². The summed E-state index contributed by atoms with van der Waals surface area (Å²) in [5.74, 6) is 0. The molecule has 2 rings (SSSR count). The lowest BCUT2D eigenvalue weighted by Gasteiger charge is -2.20. The van der Waals surface area contributed by atoms with E-state index in [1.807, 2.05) is 7.05 Å². The van der Waals surface area contributed by atoms with Crippen LogP contribution in [-0.2, 0) is 12.8 Å². The molecule has 0 heterocycles. The Hall–Kier alpha value is -1.02. The number of unbranched alkanes of at least 4 members (excludes halogenated alkanes) is 1. The number of fused-ring (bicyclic) bond motifs is 1. The fourth-order valence-corrected chi connectivity index (χ4v) is 2.58. The van der Waals surface area contributed by atoms with Crippen molar-refractivity contribution < 1.29 is 0 Å². The van der Waals surface area contributed by atoms with Gasteiger partial charge >= 0.3 is 0 Å². The second kappa shape index (κ2) is 6.06. The summed E-state index contributed by atoms with van der Waals surface area (Å²) in [6.07, 6.45) is 6.41. The number of benzene rings is 1. The topological polar surface area (TPSA) is 15.3 Å². The van der Waals surface area contributed by atoms with E-state index >= 15 is 0 Å². The first-order chi connectivity index (χ1) is 8.31. The number of nitrogens with zero attached hydrogens (tertiary/aromatic N) is 1. The molecule has 1 aromatic carbocycles. The smallest absolute Gasteiger partial charge is 0.0366 e. The van der Waals surface area contributed by atoms with E-state index in [1.54, 1.807) is 11.1 Å². The first-order valence-corrected chi connectivity index (χ1v) is 6.79. The van der Waals surface area contributed by atoms with Gasteiger partial charge < -0.3 is 10.2 Å². The van der Waals surface area contributed by atoms with Gasteiger partial charge in [-0.2, -0.15) is 0 Å². The highest BCUT2D eigenvalue weighted by molar-refractivity contribution is 5.51. The zero-order valence-electron chi connectivity index (χ0n) is 11.1. The minimum Gasteiger partial charge on any atom is -0.375 e. The predicted molar refractivity (Wildman–Crippen MR) is 74.9 cm³/mol. The Morgan fingerprint density at radius 1 is 1.18 bits per heavy atom. The van der Waals surface area contributed by atoms with Crippen LogP contribution in [0.2, 0.25) is 0 Å². The van der Waals surface area contributed by atoms with Gasteiger partial charge in [0.15, 0.2) is 0 Å². The van der Waals surface area contributed by atoms with Crippen molar-refractivity contribution in [2.24, 2.45) is 0 Å². The van der Waals surface area contributed by atoms with Gasteiger partial charge in [-0.15, -0.1) is 0 Å². The van der Waals surface area contributed by atoms with E-state index in [0.717, 1.165) is 13.1 Å². The van der Waals surface area contributed by atoms with E-state index in [0.29, 0.717) is 0 Å². The molecular weight excluding hydrogens is 208 g/mol. The van der Waals surface area contributed by atoms with Crippen LogP contribution in [-0.4, -0.2) is 27.2 Å². The maximum atomic E-state index is 3.20. The maximum Gasteiger partial charge on any atom is 0.0366 e. The number of anilines is 1. The van der Waals surface area contributed by atoms with E-state index in [1.165, 1.54) is 37.8 Å². The molecule has 1 aromatic rings. The van der Waals surface area contributed by atoms with Crippen molar-refractivity contribution in [2.75, 3.05) is 32.1 Å². The molecular formula is C15H24N2. The molecule has 2 heteroatoms. The van der Waals surface area contributed by atoms with Gasteiger partial charge in [0.25, 0.3) is 0 Å². The highest BCUT2D eigenvalue weighted by Gasteiger charge is 2.11. The summed E-state index contributed by atoms with van der Waals surface area (Å²) in [5.41, 5.74) is 4.53. The van der Waals surface area contributed by atoms with E-state index in [2.05, 4.69) is 35.5 Å². The molecule has 0 amide bonds. The number of hydrogen-bond donors (Lipinski definition) is 1. The molecule has 1 aliphatic rings. The fraction of sp³-hybridized carbons (Fsp3) is 0.600. The average molecular weight is 232 g/mol. The van der Waals surface area contributed by atoms with E-state index in [-0.39, 0.29) is 0 Å². The van der Waals surface area contributed by atoms with Gasteiger partial charge in [0.05, 0.1) is 0 Å². The lowest BCUT2D eigenvalue weighted by molar-refractivity contribution is 0.671. The van der Waals surface area contributed by atoms with Crippen LogP contribution in [0.1, 0.15) is 30.4 Å². The molecule has 0 fully saturated rings. The standard InChI is InChI=1S/C15H24N2/c1-16-10-3-4-11-17(2)15-9-8-13-6-5-7-14(13)12-15/h8-9,12,16H,3-7,10-11H2,1-2H3. The van der Waals surface area contributed by atoms with E-state index in [9.17, 15) is 0 Å². The van der Waals surface area contributed by atoms with Crippen molar-refractivity contribution in [3.05, 3.63) is 29.3 Å². The second-order valence-electron chi connectivity index (χ2n) is 5.04. The maximum absolute atomic E-state index is 3.20. The Bertz CT molecular complexity index is 360. The Balaban J connectivity index is 1.88. The van der Waals surface area contributed by atoms with Crippen LogP contribution in [0.15, 0.2) is 18.2 Å². The molecule has 0 saturated heterocycles. The monoisotopic (exact) mass is 232 g/mol. The number of nitrogens with one attached hydrogen (secondary N) is 1. The van der Waals surface area contributed by atoms with Crippen molar-refractivity contribution >= 4 is 5.69 Å². The summed E-state index contributed by atoms with van der Waals surface area (Å²) >= 11 is 0. The fourth-order valence-electron chi connectivity index (χ4n) is 2.58. The molecule has 0 radical (unpaired) electrons. The van der Waals surface area contributed by atoms with Crippen LogP contribution in [0.4, 0.5) is 5.69 Å².